The van der Waals surface area contributed by atoms with Crippen LogP contribution in [-0.2, 0) is 4.43 Å². The summed E-state index contributed by atoms with van der Waals surface area (Å²) < 4.78 is 12.6. The summed E-state index contributed by atoms with van der Waals surface area (Å²) in [4.78, 5) is 15.0. The number of pyridine rings is 1. The first-order valence-corrected chi connectivity index (χ1v) is 11.9. The predicted molar refractivity (Wildman–Crippen MR) is 99.1 cm³/mol. The standard InChI is InChI=1S/C17H26BrNO4Si/c1-17(2,3)24(4,5)23-10-12-8-11(12)9-22-15-13(18)6-7-14(19-15)16(20)21/h6-7,11-12H,8-10H2,1-5H3,(H,20,21)/t11-,12+/m0/s1. The van der Waals surface area contributed by atoms with Crippen LogP contribution in [0.4, 0.5) is 0 Å². The van der Waals surface area contributed by atoms with E-state index in [9.17, 15) is 4.79 Å². The Balaban J connectivity index is 1.82. The lowest BCUT2D eigenvalue weighted by Crippen LogP contribution is -2.41. The zero-order valence-electron chi connectivity index (χ0n) is 14.9. The van der Waals surface area contributed by atoms with Crippen LogP contribution in [0.3, 0.4) is 0 Å². The van der Waals surface area contributed by atoms with Crippen LogP contribution < -0.4 is 4.74 Å². The van der Waals surface area contributed by atoms with E-state index in [0.29, 0.717) is 28.8 Å². The van der Waals surface area contributed by atoms with E-state index >= 15 is 0 Å². The van der Waals surface area contributed by atoms with Gasteiger partial charge >= 0.3 is 5.97 Å². The zero-order chi connectivity index (χ0) is 18.1. The first kappa shape index (κ1) is 19.4. The molecule has 0 saturated heterocycles. The fourth-order valence-electron chi connectivity index (χ4n) is 2.08. The summed E-state index contributed by atoms with van der Waals surface area (Å²) in [6.45, 7) is 12.6. The average Bonchev–Trinajstić information content (AvgIpc) is 3.21. The number of hydrogen-bond acceptors (Lipinski definition) is 4. The van der Waals surface area contributed by atoms with E-state index in [1.165, 1.54) is 6.07 Å². The molecule has 0 aromatic carbocycles. The van der Waals surface area contributed by atoms with Crippen molar-refractivity contribution in [3.8, 4) is 5.88 Å². The lowest BCUT2D eigenvalue weighted by atomic mass is 10.2. The molecule has 0 unspecified atom stereocenters. The normalized spacial score (nSPS) is 20.8. The highest BCUT2D eigenvalue weighted by Crippen LogP contribution is 2.42. The van der Waals surface area contributed by atoms with Gasteiger partial charge in [0.25, 0.3) is 0 Å². The lowest BCUT2D eigenvalue weighted by molar-refractivity contribution is 0.0689. The summed E-state index contributed by atoms with van der Waals surface area (Å²) in [7, 11) is -1.70. The Morgan fingerprint density at radius 3 is 2.54 bits per heavy atom. The fraction of sp³-hybridized carbons (Fsp3) is 0.647. The molecule has 1 aliphatic rings. The van der Waals surface area contributed by atoms with E-state index in [1.807, 2.05) is 0 Å². The van der Waals surface area contributed by atoms with Crippen LogP contribution >= 0.6 is 15.9 Å². The zero-order valence-corrected chi connectivity index (χ0v) is 17.5. The average molecular weight is 416 g/mol. The number of carbonyl (C=O) groups is 1. The highest BCUT2D eigenvalue weighted by Gasteiger charge is 2.42. The molecule has 0 bridgehead atoms. The Hall–Kier alpha value is -0.923. The van der Waals surface area contributed by atoms with Gasteiger partial charge in [0.05, 0.1) is 11.1 Å². The van der Waals surface area contributed by atoms with E-state index in [4.69, 9.17) is 14.3 Å². The molecule has 0 amide bonds. The first-order chi connectivity index (χ1) is 11.0. The summed E-state index contributed by atoms with van der Waals surface area (Å²) in [6, 6.07) is 3.10. The molecule has 7 heteroatoms. The molecule has 1 aromatic rings. The summed E-state index contributed by atoms with van der Waals surface area (Å²) in [5, 5.41) is 9.22. The summed E-state index contributed by atoms with van der Waals surface area (Å²) in [5.41, 5.74) is -0.0122. The van der Waals surface area contributed by atoms with Gasteiger partial charge < -0.3 is 14.3 Å². The van der Waals surface area contributed by atoms with Gasteiger partial charge in [-0.05, 0) is 64.5 Å². The number of halogens is 1. The van der Waals surface area contributed by atoms with Crippen LogP contribution in [0, 0.1) is 11.8 Å². The van der Waals surface area contributed by atoms with Crippen molar-refractivity contribution in [2.45, 2.75) is 45.3 Å². The molecule has 1 aliphatic carbocycles. The smallest absolute Gasteiger partial charge is 0.354 e. The van der Waals surface area contributed by atoms with Crippen molar-refractivity contribution in [2.24, 2.45) is 11.8 Å². The maximum atomic E-state index is 11.0. The summed E-state index contributed by atoms with van der Waals surface area (Å²) >= 11 is 3.34. The predicted octanol–water partition coefficient (Wildman–Crippen LogP) is 4.58. The van der Waals surface area contributed by atoms with E-state index in [2.05, 4.69) is 54.8 Å². The minimum atomic E-state index is -1.70. The van der Waals surface area contributed by atoms with E-state index in [0.717, 1.165) is 13.0 Å². The van der Waals surface area contributed by atoms with Crippen molar-refractivity contribution in [3.63, 3.8) is 0 Å². The second-order valence-electron chi connectivity index (χ2n) is 7.93. The van der Waals surface area contributed by atoms with E-state index in [1.54, 1.807) is 6.07 Å². The van der Waals surface area contributed by atoms with Crippen LogP contribution in [0.5, 0.6) is 5.88 Å². The number of carboxylic acids is 1. The topological polar surface area (TPSA) is 68.7 Å². The number of rotatable bonds is 7. The van der Waals surface area contributed by atoms with Crippen LogP contribution in [-0.4, -0.2) is 37.6 Å². The Morgan fingerprint density at radius 2 is 1.96 bits per heavy atom. The van der Waals surface area contributed by atoms with Crippen molar-refractivity contribution >= 4 is 30.2 Å². The molecule has 1 N–H and O–H groups in total. The third-order valence-corrected chi connectivity index (χ3v) is 10.1. The molecule has 0 aliphatic heterocycles. The van der Waals surface area contributed by atoms with Crippen LogP contribution in [0.1, 0.15) is 37.7 Å². The first-order valence-electron chi connectivity index (χ1n) is 8.18. The molecule has 1 heterocycles. The third kappa shape index (κ3) is 4.80. The van der Waals surface area contributed by atoms with Gasteiger partial charge in [-0.15, -0.1) is 0 Å². The van der Waals surface area contributed by atoms with Crippen LogP contribution in [0.15, 0.2) is 16.6 Å². The molecule has 2 rings (SSSR count). The molecule has 24 heavy (non-hydrogen) atoms. The number of ether oxygens (including phenoxy) is 1. The molecular weight excluding hydrogens is 390 g/mol. The molecule has 2 atom stereocenters. The molecule has 0 spiro atoms. The monoisotopic (exact) mass is 415 g/mol. The second-order valence-corrected chi connectivity index (χ2v) is 13.6. The maximum absolute atomic E-state index is 11.0. The molecule has 0 radical (unpaired) electrons. The number of aromatic carboxylic acids is 1. The molecule has 134 valence electrons. The van der Waals surface area contributed by atoms with Gasteiger partial charge in [-0.25, -0.2) is 9.78 Å². The van der Waals surface area contributed by atoms with Gasteiger partial charge in [0.1, 0.15) is 0 Å². The van der Waals surface area contributed by atoms with Crippen LogP contribution in [0.2, 0.25) is 18.1 Å². The lowest BCUT2D eigenvalue weighted by Gasteiger charge is -2.36. The fourth-order valence-corrected chi connectivity index (χ4v) is 3.48. The van der Waals surface area contributed by atoms with Crippen LogP contribution in [0.25, 0.3) is 0 Å². The van der Waals surface area contributed by atoms with E-state index in [-0.39, 0.29) is 10.7 Å². The third-order valence-electron chi connectivity index (χ3n) is 5.00. The number of aromatic nitrogens is 1. The molecule has 1 saturated carbocycles. The summed E-state index contributed by atoms with van der Waals surface area (Å²) in [6.07, 6.45) is 1.09. The van der Waals surface area contributed by atoms with Crippen molar-refractivity contribution < 1.29 is 19.1 Å². The van der Waals surface area contributed by atoms with Gasteiger partial charge in [-0.3, -0.25) is 0 Å². The number of carboxylic acid groups (broad SMARTS) is 1. The largest absolute Gasteiger partial charge is 0.477 e. The second kappa shape index (κ2) is 7.13. The van der Waals surface area contributed by atoms with Gasteiger partial charge in [0.15, 0.2) is 14.0 Å². The number of hydrogen-bond donors (Lipinski definition) is 1. The van der Waals surface area contributed by atoms with Gasteiger partial charge in [0, 0.05) is 6.61 Å². The van der Waals surface area contributed by atoms with Gasteiger partial charge in [0.2, 0.25) is 5.88 Å². The molecule has 1 aromatic heterocycles. The Kier molecular flexibility index (Phi) is 5.77. The quantitative estimate of drug-likeness (QED) is 0.659. The van der Waals surface area contributed by atoms with Crippen molar-refractivity contribution in [2.75, 3.05) is 13.2 Å². The molecule has 5 nitrogen and oxygen atoms in total. The van der Waals surface area contributed by atoms with Crippen molar-refractivity contribution in [1.29, 1.82) is 0 Å². The SMILES string of the molecule is CC(C)(C)[Si](C)(C)OC[C@H]1C[C@H]1COc1nc(C(=O)O)ccc1Br. The Labute approximate surface area is 153 Å². The Morgan fingerprint density at radius 1 is 1.33 bits per heavy atom. The highest BCUT2D eigenvalue weighted by atomic mass is 79.9. The Bertz CT molecular complexity index is 615. The summed E-state index contributed by atoms with van der Waals surface area (Å²) in [5.74, 6) is 0.266. The minimum Gasteiger partial charge on any atom is -0.477 e. The van der Waals surface area contributed by atoms with Crippen molar-refractivity contribution in [1.82, 2.24) is 4.98 Å². The highest BCUT2D eigenvalue weighted by molar-refractivity contribution is 9.10. The number of nitrogens with zero attached hydrogens (tertiary/aromatic N) is 1. The van der Waals surface area contributed by atoms with Gasteiger partial charge in [-0.1, -0.05) is 20.8 Å². The van der Waals surface area contributed by atoms with Crippen molar-refractivity contribution in [3.05, 3.63) is 22.3 Å². The van der Waals surface area contributed by atoms with Gasteiger partial charge in [-0.2, -0.15) is 0 Å². The van der Waals surface area contributed by atoms with E-state index < -0.39 is 14.3 Å². The molecule has 1 fully saturated rings. The maximum Gasteiger partial charge on any atom is 0.354 e. The minimum absolute atomic E-state index is 0.0122. The molecular formula is C17H26BrNO4Si.